The predicted octanol–water partition coefficient (Wildman–Crippen LogP) is -2.30. The number of hydrogen-bond donors (Lipinski definition) is 8. The Balaban J connectivity index is 3.00. The number of carboxylic acid groups (broad SMARTS) is 3. The van der Waals surface area contributed by atoms with E-state index in [0.717, 1.165) is 5.56 Å². The van der Waals surface area contributed by atoms with E-state index in [2.05, 4.69) is 10.6 Å². The molecule has 4 amide bonds. The van der Waals surface area contributed by atoms with Crippen LogP contribution in [-0.4, -0.2) is 81.0 Å². The van der Waals surface area contributed by atoms with Gasteiger partial charge >= 0.3 is 17.9 Å². The van der Waals surface area contributed by atoms with E-state index in [0.29, 0.717) is 0 Å². The van der Waals surface area contributed by atoms with Crippen molar-refractivity contribution in [2.45, 2.75) is 62.7 Å². The maximum Gasteiger partial charge on any atom is 0.326 e. The van der Waals surface area contributed by atoms with E-state index in [1.54, 1.807) is 30.3 Å². The third kappa shape index (κ3) is 11.9. The Morgan fingerprint density at radius 3 is 1.76 bits per heavy atom. The van der Waals surface area contributed by atoms with Crippen LogP contribution >= 0.6 is 0 Å². The lowest BCUT2D eigenvalue weighted by atomic mass is 10.0. The molecule has 0 aromatic heterocycles. The summed E-state index contributed by atoms with van der Waals surface area (Å²) < 4.78 is 0. The van der Waals surface area contributed by atoms with Gasteiger partial charge in [-0.1, -0.05) is 30.3 Å². The largest absolute Gasteiger partial charge is 0.481 e. The molecule has 15 nitrogen and oxygen atoms in total. The van der Waals surface area contributed by atoms with Crippen LogP contribution in [0.25, 0.3) is 0 Å². The van der Waals surface area contributed by atoms with Crippen LogP contribution in [0.1, 0.15) is 37.7 Å². The van der Waals surface area contributed by atoms with Gasteiger partial charge in [0.2, 0.25) is 23.6 Å². The van der Waals surface area contributed by atoms with Crippen molar-refractivity contribution in [3.05, 3.63) is 35.9 Å². The average Bonchev–Trinajstić information content (AvgIpc) is 2.83. The van der Waals surface area contributed by atoms with Gasteiger partial charge in [0.1, 0.15) is 18.1 Å². The number of carbonyl (C=O) groups excluding carboxylic acids is 4. The summed E-state index contributed by atoms with van der Waals surface area (Å²) in [5.41, 5.74) is 11.8. The lowest BCUT2D eigenvalue weighted by molar-refractivity contribution is -0.144. The van der Waals surface area contributed by atoms with Gasteiger partial charge in [0.15, 0.2) is 0 Å². The third-order valence-corrected chi connectivity index (χ3v) is 5.22. The minimum absolute atomic E-state index is 0.119. The van der Waals surface area contributed by atoms with Crippen molar-refractivity contribution < 1.29 is 48.9 Å². The Labute approximate surface area is 216 Å². The van der Waals surface area contributed by atoms with Crippen molar-refractivity contribution in [2.24, 2.45) is 11.5 Å². The van der Waals surface area contributed by atoms with Crippen molar-refractivity contribution in [3.63, 3.8) is 0 Å². The number of nitrogens with two attached hydrogens (primary N) is 2. The van der Waals surface area contributed by atoms with Crippen molar-refractivity contribution in [3.8, 4) is 0 Å². The van der Waals surface area contributed by atoms with Gasteiger partial charge in [0.25, 0.3) is 0 Å². The van der Waals surface area contributed by atoms with Crippen LogP contribution in [0, 0.1) is 0 Å². The molecule has 0 fully saturated rings. The number of aliphatic carboxylic acids is 3. The fraction of sp³-hybridized carbons (Fsp3) is 0.435. The van der Waals surface area contributed by atoms with Crippen LogP contribution in [0.5, 0.6) is 0 Å². The number of primary amides is 1. The zero-order chi connectivity index (χ0) is 28.8. The topological polar surface area (TPSA) is 268 Å². The monoisotopic (exact) mass is 537 g/mol. The molecule has 38 heavy (non-hydrogen) atoms. The molecular formula is C23H31N5O10. The molecule has 4 unspecified atom stereocenters. The second kappa shape index (κ2) is 15.6. The van der Waals surface area contributed by atoms with Gasteiger partial charge in [-0.25, -0.2) is 4.79 Å². The summed E-state index contributed by atoms with van der Waals surface area (Å²) in [6.07, 6.45) is -2.60. The van der Waals surface area contributed by atoms with E-state index >= 15 is 0 Å². The summed E-state index contributed by atoms with van der Waals surface area (Å²) in [6.45, 7) is 0. The second-order valence-electron chi connectivity index (χ2n) is 8.35. The maximum atomic E-state index is 12.9. The predicted molar refractivity (Wildman–Crippen MR) is 129 cm³/mol. The van der Waals surface area contributed by atoms with Crippen LogP contribution in [-0.2, 0) is 40.0 Å². The minimum Gasteiger partial charge on any atom is -0.481 e. The Hall–Kier alpha value is -4.53. The molecule has 0 saturated carbocycles. The molecule has 10 N–H and O–H groups in total. The Morgan fingerprint density at radius 1 is 0.711 bits per heavy atom. The van der Waals surface area contributed by atoms with Crippen LogP contribution < -0.4 is 27.4 Å². The first-order chi connectivity index (χ1) is 17.8. The highest BCUT2D eigenvalue weighted by atomic mass is 16.4. The van der Waals surface area contributed by atoms with E-state index in [-0.39, 0.29) is 19.3 Å². The molecule has 4 atom stereocenters. The third-order valence-electron chi connectivity index (χ3n) is 5.22. The molecule has 208 valence electrons. The van der Waals surface area contributed by atoms with Crippen LogP contribution in [0.15, 0.2) is 30.3 Å². The van der Waals surface area contributed by atoms with E-state index in [4.69, 9.17) is 21.7 Å². The lowest BCUT2D eigenvalue weighted by Crippen LogP contribution is -2.57. The lowest BCUT2D eigenvalue weighted by Gasteiger charge is -2.24. The van der Waals surface area contributed by atoms with Gasteiger partial charge < -0.3 is 42.7 Å². The first-order valence-electron chi connectivity index (χ1n) is 11.5. The van der Waals surface area contributed by atoms with E-state index in [9.17, 15) is 38.7 Å². The number of benzene rings is 1. The molecule has 0 aliphatic rings. The number of rotatable bonds is 17. The number of carbonyl (C=O) groups is 7. The number of carboxylic acids is 3. The van der Waals surface area contributed by atoms with Gasteiger partial charge in [0.05, 0.1) is 12.5 Å². The van der Waals surface area contributed by atoms with E-state index in [1.807, 2.05) is 5.32 Å². The molecule has 0 heterocycles. The van der Waals surface area contributed by atoms with Crippen LogP contribution in [0.2, 0.25) is 0 Å². The zero-order valence-electron chi connectivity index (χ0n) is 20.3. The molecule has 0 aliphatic heterocycles. The number of hydrogen-bond acceptors (Lipinski definition) is 8. The van der Waals surface area contributed by atoms with E-state index < -0.39 is 85.0 Å². The van der Waals surface area contributed by atoms with Crippen molar-refractivity contribution in [1.82, 2.24) is 16.0 Å². The van der Waals surface area contributed by atoms with Crippen LogP contribution in [0.4, 0.5) is 0 Å². The molecule has 15 heteroatoms. The summed E-state index contributed by atoms with van der Waals surface area (Å²) in [5, 5.41) is 33.6. The van der Waals surface area contributed by atoms with Gasteiger partial charge in [-0.2, -0.15) is 0 Å². The Morgan fingerprint density at radius 2 is 1.24 bits per heavy atom. The van der Waals surface area contributed by atoms with Gasteiger partial charge in [-0.3, -0.25) is 28.8 Å². The highest BCUT2D eigenvalue weighted by molar-refractivity contribution is 5.96. The smallest absolute Gasteiger partial charge is 0.326 e. The fourth-order valence-corrected chi connectivity index (χ4v) is 3.25. The van der Waals surface area contributed by atoms with Crippen molar-refractivity contribution in [2.75, 3.05) is 0 Å². The van der Waals surface area contributed by atoms with Crippen molar-refractivity contribution in [1.29, 1.82) is 0 Å². The van der Waals surface area contributed by atoms with Gasteiger partial charge in [-0.05, 0) is 24.8 Å². The molecule has 1 aromatic rings. The van der Waals surface area contributed by atoms with Crippen LogP contribution in [0.3, 0.4) is 0 Å². The molecule has 0 aliphatic carbocycles. The number of nitrogens with one attached hydrogen (secondary N) is 3. The molecule has 0 radical (unpaired) electrons. The summed E-state index contributed by atoms with van der Waals surface area (Å²) in [6, 6.07) is 2.73. The van der Waals surface area contributed by atoms with Crippen molar-refractivity contribution >= 4 is 41.5 Å². The SMILES string of the molecule is NC(=O)CCC(NC(=O)C(N)Cc1ccccc1)C(=O)NC(CC(=O)O)C(=O)NC(CCC(=O)O)C(=O)O. The highest BCUT2D eigenvalue weighted by Crippen LogP contribution is 2.06. The molecule has 0 bridgehead atoms. The maximum absolute atomic E-state index is 12.9. The highest BCUT2D eigenvalue weighted by Gasteiger charge is 2.32. The Kier molecular flexibility index (Phi) is 12.9. The normalized spacial score (nSPS) is 13.7. The fourth-order valence-electron chi connectivity index (χ4n) is 3.25. The molecular weight excluding hydrogens is 506 g/mol. The summed E-state index contributed by atoms with van der Waals surface area (Å²) in [7, 11) is 0. The first kappa shape index (κ1) is 31.5. The van der Waals surface area contributed by atoms with E-state index in [1.165, 1.54) is 0 Å². The van der Waals surface area contributed by atoms with Gasteiger partial charge in [-0.15, -0.1) is 0 Å². The second-order valence-corrected chi connectivity index (χ2v) is 8.35. The first-order valence-corrected chi connectivity index (χ1v) is 11.5. The summed E-state index contributed by atoms with van der Waals surface area (Å²) >= 11 is 0. The van der Waals surface area contributed by atoms with Gasteiger partial charge in [0, 0.05) is 12.8 Å². The summed E-state index contributed by atoms with van der Waals surface area (Å²) in [5.74, 6) is -8.24. The Bertz CT molecular complexity index is 1030. The standard InChI is InChI=1S/C23H31N5O10/c24-13(10-12-4-2-1-3-5-12)20(34)26-14(6-8-17(25)29)21(35)28-16(11-19(32)33)22(36)27-15(23(37)38)7-9-18(30)31/h1-5,13-16H,6-11,24H2,(H2,25,29)(H,26,34)(H,27,36)(H,28,35)(H,30,31)(H,32,33)(H,37,38). The number of amides is 4. The molecule has 0 spiro atoms. The quantitative estimate of drug-likeness (QED) is 0.105. The molecule has 0 saturated heterocycles. The zero-order valence-corrected chi connectivity index (χ0v) is 20.3. The molecule has 1 aromatic carbocycles. The molecule has 1 rings (SSSR count). The minimum atomic E-state index is -1.79. The average molecular weight is 538 g/mol. The summed E-state index contributed by atoms with van der Waals surface area (Å²) in [4.78, 5) is 82.8.